The van der Waals surface area contributed by atoms with Crippen LogP contribution in [-0.4, -0.2) is 21.2 Å². The van der Waals surface area contributed by atoms with E-state index in [4.69, 9.17) is 21.2 Å². The van der Waals surface area contributed by atoms with Crippen molar-refractivity contribution in [3.63, 3.8) is 0 Å². The van der Waals surface area contributed by atoms with Crippen LogP contribution in [0.2, 0.25) is 5.02 Å². The van der Waals surface area contributed by atoms with Gasteiger partial charge in [0, 0.05) is 10.6 Å². The van der Waals surface area contributed by atoms with Crippen molar-refractivity contribution in [3.8, 4) is 0 Å². The van der Waals surface area contributed by atoms with Gasteiger partial charge in [0.2, 0.25) is 5.89 Å². The average Bonchev–Trinajstić information content (AvgIpc) is 3.12. The number of benzene rings is 1. The van der Waals surface area contributed by atoms with Gasteiger partial charge in [-0.3, -0.25) is 0 Å². The van der Waals surface area contributed by atoms with Crippen molar-refractivity contribution in [3.05, 3.63) is 58.7 Å². The first-order valence-electron chi connectivity index (χ1n) is 6.52. The molecule has 0 atom stereocenters. The van der Waals surface area contributed by atoms with Crippen LogP contribution in [0.4, 0.5) is 0 Å². The molecule has 5 nitrogen and oxygen atoms in total. The van der Waals surface area contributed by atoms with Gasteiger partial charge in [-0.25, -0.2) is 4.79 Å². The van der Waals surface area contributed by atoms with Crippen LogP contribution >= 0.6 is 11.6 Å². The second-order valence-corrected chi connectivity index (χ2v) is 5.57. The zero-order valence-corrected chi connectivity index (χ0v) is 11.9. The summed E-state index contributed by atoms with van der Waals surface area (Å²) in [7, 11) is 0. The molecule has 0 aliphatic heterocycles. The van der Waals surface area contributed by atoms with E-state index in [2.05, 4.69) is 16.7 Å². The van der Waals surface area contributed by atoms with E-state index in [-0.39, 0.29) is 23.3 Å². The Morgan fingerprint density at radius 1 is 1.43 bits per heavy atom. The van der Waals surface area contributed by atoms with Crippen molar-refractivity contribution in [2.75, 3.05) is 0 Å². The van der Waals surface area contributed by atoms with Crippen LogP contribution in [0.15, 0.2) is 40.9 Å². The molecule has 0 spiro atoms. The maximum absolute atomic E-state index is 10.8. The molecule has 1 fully saturated rings. The maximum atomic E-state index is 10.8. The summed E-state index contributed by atoms with van der Waals surface area (Å²) in [5.74, 6) is -0.249. The molecule has 1 aliphatic carbocycles. The van der Waals surface area contributed by atoms with E-state index in [1.165, 1.54) is 0 Å². The summed E-state index contributed by atoms with van der Waals surface area (Å²) in [6.45, 7) is 3.46. The van der Waals surface area contributed by atoms with Gasteiger partial charge in [-0.2, -0.15) is 4.98 Å². The minimum atomic E-state index is -1.07. The molecule has 2 aromatic rings. The minimum absolute atomic E-state index is 0.0211. The second-order valence-electron chi connectivity index (χ2n) is 5.16. The lowest BCUT2D eigenvalue weighted by atomic mass is 9.95. The molecule has 1 aromatic heterocycles. The number of aromatic nitrogens is 2. The predicted octanol–water partition coefficient (Wildman–Crippen LogP) is 2.99. The number of carbonyl (C=O) groups is 1. The van der Waals surface area contributed by atoms with E-state index in [1.807, 2.05) is 24.3 Å². The van der Waals surface area contributed by atoms with Gasteiger partial charge in [0.15, 0.2) is 5.82 Å². The number of aliphatic carboxylic acids is 1. The van der Waals surface area contributed by atoms with Gasteiger partial charge in [-0.05, 0) is 24.5 Å². The number of rotatable bonds is 5. The summed E-state index contributed by atoms with van der Waals surface area (Å²) in [5, 5.41) is 13.5. The zero-order valence-electron chi connectivity index (χ0n) is 11.2. The fraction of sp³-hybridized carbons (Fsp3) is 0.267. The molecule has 0 radical (unpaired) electrons. The van der Waals surface area contributed by atoms with Crippen molar-refractivity contribution in [1.29, 1.82) is 0 Å². The fourth-order valence-electron chi connectivity index (χ4n) is 2.37. The highest BCUT2D eigenvalue weighted by Crippen LogP contribution is 2.54. The zero-order chi connectivity index (χ0) is 15.0. The monoisotopic (exact) mass is 304 g/mol. The van der Waals surface area contributed by atoms with Crippen molar-refractivity contribution < 1.29 is 14.4 Å². The third-order valence-corrected chi connectivity index (χ3v) is 4.03. The third-order valence-electron chi connectivity index (χ3n) is 3.70. The number of halogens is 1. The van der Waals surface area contributed by atoms with Gasteiger partial charge in [-0.15, -0.1) is 0 Å². The van der Waals surface area contributed by atoms with E-state index in [0.29, 0.717) is 10.8 Å². The molecular formula is C15H13ClN2O3. The van der Waals surface area contributed by atoms with Crippen molar-refractivity contribution in [2.24, 2.45) is 0 Å². The van der Waals surface area contributed by atoms with Crippen LogP contribution in [0.1, 0.15) is 30.1 Å². The summed E-state index contributed by atoms with van der Waals surface area (Å²) >= 11 is 6.25. The first-order chi connectivity index (χ1) is 10.0. The molecule has 3 rings (SSSR count). The van der Waals surface area contributed by atoms with E-state index in [9.17, 15) is 4.79 Å². The van der Waals surface area contributed by atoms with Crippen LogP contribution in [0, 0.1) is 0 Å². The SMILES string of the molecule is C=C(Cc1nc(C2(c3ccccc3Cl)CC2)no1)C(=O)O. The fourth-order valence-corrected chi connectivity index (χ4v) is 2.68. The summed E-state index contributed by atoms with van der Waals surface area (Å²) in [6, 6.07) is 7.60. The van der Waals surface area contributed by atoms with Gasteiger partial charge >= 0.3 is 5.97 Å². The molecule has 1 heterocycles. The van der Waals surface area contributed by atoms with Crippen LogP contribution in [0.3, 0.4) is 0 Å². The van der Waals surface area contributed by atoms with Gasteiger partial charge in [0.05, 0.1) is 11.8 Å². The molecule has 0 bridgehead atoms. The number of carboxylic acid groups (broad SMARTS) is 1. The number of hydrogen-bond donors (Lipinski definition) is 1. The Balaban J connectivity index is 1.88. The molecule has 6 heteroatoms. The van der Waals surface area contributed by atoms with Crippen molar-refractivity contribution in [2.45, 2.75) is 24.7 Å². The Labute approximate surface area is 126 Å². The highest BCUT2D eigenvalue weighted by molar-refractivity contribution is 6.31. The summed E-state index contributed by atoms with van der Waals surface area (Å²) < 4.78 is 5.14. The third kappa shape index (κ3) is 2.45. The number of nitrogens with zero attached hydrogens (tertiary/aromatic N) is 2. The normalized spacial score (nSPS) is 15.7. The standard InChI is InChI=1S/C15H13ClN2O3/c1-9(13(19)20)8-12-17-14(18-21-12)15(6-7-15)10-4-2-3-5-11(10)16/h2-5H,1,6-8H2,(H,19,20). The number of hydrogen-bond acceptors (Lipinski definition) is 4. The average molecular weight is 305 g/mol. The molecule has 1 N–H and O–H groups in total. The lowest BCUT2D eigenvalue weighted by molar-refractivity contribution is -0.132. The van der Waals surface area contributed by atoms with E-state index in [0.717, 1.165) is 18.4 Å². The molecule has 0 amide bonds. The lowest BCUT2D eigenvalue weighted by Gasteiger charge is -2.12. The first-order valence-corrected chi connectivity index (χ1v) is 6.90. The topological polar surface area (TPSA) is 76.2 Å². The van der Waals surface area contributed by atoms with Gasteiger partial charge in [-0.1, -0.05) is 41.5 Å². The Hall–Kier alpha value is -2.14. The maximum Gasteiger partial charge on any atom is 0.331 e. The highest BCUT2D eigenvalue weighted by atomic mass is 35.5. The summed E-state index contributed by atoms with van der Waals surface area (Å²) in [6.07, 6.45) is 1.84. The minimum Gasteiger partial charge on any atom is -0.478 e. The van der Waals surface area contributed by atoms with Crippen LogP contribution < -0.4 is 0 Å². The Kier molecular flexibility index (Phi) is 3.29. The van der Waals surface area contributed by atoms with Crippen molar-refractivity contribution >= 4 is 17.6 Å². The predicted molar refractivity (Wildman–Crippen MR) is 76.2 cm³/mol. The van der Waals surface area contributed by atoms with E-state index in [1.54, 1.807) is 0 Å². The van der Waals surface area contributed by atoms with Crippen LogP contribution in [0.25, 0.3) is 0 Å². The second kappa shape index (κ2) is 5.00. The smallest absolute Gasteiger partial charge is 0.331 e. The molecule has 21 heavy (non-hydrogen) atoms. The van der Waals surface area contributed by atoms with E-state index >= 15 is 0 Å². The van der Waals surface area contributed by atoms with Gasteiger partial charge in [0.25, 0.3) is 0 Å². The van der Waals surface area contributed by atoms with Crippen LogP contribution in [-0.2, 0) is 16.6 Å². The Morgan fingerprint density at radius 3 is 2.76 bits per heavy atom. The number of carboxylic acids is 1. The molecular weight excluding hydrogens is 292 g/mol. The summed E-state index contributed by atoms with van der Waals surface area (Å²) in [4.78, 5) is 15.1. The molecule has 0 unspecified atom stereocenters. The van der Waals surface area contributed by atoms with Gasteiger partial charge < -0.3 is 9.63 Å². The Morgan fingerprint density at radius 2 is 2.14 bits per heavy atom. The Bertz CT molecular complexity index is 719. The van der Waals surface area contributed by atoms with Crippen LogP contribution in [0.5, 0.6) is 0 Å². The van der Waals surface area contributed by atoms with Gasteiger partial charge in [0.1, 0.15) is 0 Å². The largest absolute Gasteiger partial charge is 0.478 e. The van der Waals surface area contributed by atoms with Crippen molar-refractivity contribution in [1.82, 2.24) is 10.1 Å². The summed E-state index contributed by atoms with van der Waals surface area (Å²) in [5.41, 5.74) is 0.703. The lowest BCUT2D eigenvalue weighted by Crippen LogP contribution is -2.11. The molecule has 1 aromatic carbocycles. The molecule has 0 saturated heterocycles. The molecule has 1 aliphatic rings. The van der Waals surface area contributed by atoms with E-state index < -0.39 is 5.97 Å². The molecule has 108 valence electrons. The molecule has 1 saturated carbocycles. The first kappa shape index (κ1) is 13.8. The quantitative estimate of drug-likeness (QED) is 0.859. The highest BCUT2D eigenvalue weighted by Gasteiger charge is 2.51.